The Balaban J connectivity index is 1.53. The van der Waals surface area contributed by atoms with Gasteiger partial charge in [0.1, 0.15) is 25.9 Å². The third kappa shape index (κ3) is 8.24. The first-order chi connectivity index (χ1) is 16.2. The lowest BCUT2D eigenvalue weighted by Crippen LogP contribution is -2.47. The minimum Gasteiger partial charge on any atom is -0.460 e. The SMILES string of the molecule is C=CCOc1nc(OCC=C)nc(OCC2CN(C(=O)/C=C/Sc3ccccc3)CCO2)n1. The lowest BCUT2D eigenvalue weighted by molar-refractivity contribution is -0.134. The Hall–Kier alpha value is -3.37. The Kier molecular flexibility index (Phi) is 9.74. The van der Waals surface area contributed by atoms with Crippen molar-refractivity contribution in [2.75, 3.05) is 39.5 Å². The standard InChI is InChI=1S/C23H26N4O5S/c1-3-12-30-21-24-22(31-13-4-2)26-23(25-21)32-17-18-16-27(11-14-29-18)20(28)10-15-33-19-8-6-5-7-9-19/h3-10,15,18H,1-2,11-14,16-17H2/b15-10+. The van der Waals surface area contributed by atoms with E-state index in [9.17, 15) is 4.79 Å². The van der Waals surface area contributed by atoms with E-state index in [1.807, 2.05) is 30.3 Å². The molecular weight excluding hydrogens is 444 g/mol. The van der Waals surface area contributed by atoms with E-state index in [0.29, 0.717) is 19.7 Å². The number of thioether (sulfide) groups is 1. The number of ether oxygens (including phenoxy) is 4. The number of nitrogens with zero attached hydrogens (tertiary/aromatic N) is 4. The molecule has 1 saturated heterocycles. The number of carbonyl (C=O) groups is 1. The quantitative estimate of drug-likeness (QED) is 0.263. The summed E-state index contributed by atoms with van der Waals surface area (Å²) in [6.07, 6.45) is 4.38. The van der Waals surface area contributed by atoms with Crippen LogP contribution in [-0.4, -0.2) is 71.4 Å². The molecule has 1 aliphatic rings. The summed E-state index contributed by atoms with van der Waals surface area (Å²) in [5.74, 6) is -0.0767. The molecule has 0 aliphatic carbocycles. The summed E-state index contributed by atoms with van der Waals surface area (Å²) < 4.78 is 22.2. The molecule has 33 heavy (non-hydrogen) atoms. The summed E-state index contributed by atoms with van der Waals surface area (Å²) in [7, 11) is 0. The minimum atomic E-state index is -0.329. The molecule has 9 nitrogen and oxygen atoms in total. The number of morpholine rings is 1. The van der Waals surface area contributed by atoms with Gasteiger partial charge in [-0.05, 0) is 17.5 Å². The van der Waals surface area contributed by atoms with E-state index in [-0.39, 0.29) is 49.9 Å². The van der Waals surface area contributed by atoms with Crippen molar-refractivity contribution in [3.8, 4) is 18.0 Å². The number of aromatic nitrogens is 3. The first-order valence-electron chi connectivity index (χ1n) is 10.3. The van der Waals surface area contributed by atoms with Gasteiger partial charge in [-0.25, -0.2) is 0 Å². The summed E-state index contributed by atoms with van der Waals surface area (Å²) in [6, 6.07) is 10.0. The molecule has 1 unspecified atom stereocenters. The molecule has 174 valence electrons. The Morgan fingerprint density at radius 2 is 1.70 bits per heavy atom. The van der Waals surface area contributed by atoms with E-state index < -0.39 is 0 Å². The van der Waals surface area contributed by atoms with Crippen molar-refractivity contribution in [1.82, 2.24) is 19.9 Å². The van der Waals surface area contributed by atoms with E-state index in [1.54, 1.807) is 28.5 Å². The van der Waals surface area contributed by atoms with Gasteiger partial charge >= 0.3 is 18.0 Å². The number of hydrogen-bond acceptors (Lipinski definition) is 9. The first kappa shape index (κ1) is 24.3. The lowest BCUT2D eigenvalue weighted by Gasteiger charge is -2.32. The number of hydrogen-bond donors (Lipinski definition) is 0. The van der Waals surface area contributed by atoms with Gasteiger partial charge < -0.3 is 23.8 Å². The Morgan fingerprint density at radius 1 is 1.06 bits per heavy atom. The van der Waals surface area contributed by atoms with Gasteiger partial charge in [0.05, 0.1) is 13.2 Å². The fraction of sp³-hybridized carbons (Fsp3) is 0.304. The van der Waals surface area contributed by atoms with Crippen LogP contribution in [0.1, 0.15) is 0 Å². The second-order valence-electron chi connectivity index (χ2n) is 6.70. The van der Waals surface area contributed by atoms with Crippen molar-refractivity contribution in [1.29, 1.82) is 0 Å². The third-order valence-electron chi connectivity index (χ3n) is 4.24. The highest BCUT2D eigenvalue weighted by Gasteiger charge is 2.24. The number of rotatable bonds is 12. The first-order valence-corrected chi connectivity index (χ1v) is 11.2. The highest BCUT2D eigenvalue weighted by molar-refractivity contribution is 8.02. The fourth-order valence-electron chi connectivity index (χ4n) is 2.74. The summed E-state index contributed by atoms with van der Waals surface area (Å²) in [4.78, 5) is 27.6. The van der Waals surface area contributed by atoms with Gasteiger partial charge in [0, 0.05) is 17.5 Å². The molecule has 1 amide bonds. The van der Waals surface area contributed by atoms with Crippen LogP contribution in [0.4, 0.5) is 0 Å². The number of benzene rings is 1. The van der Waals surface area contributed by atoms with Gasteiger partial charge in [0.2, 0.25) is 5.91 Å². The molecule has 0 radical (unpaired) electrons. The normalized spacial score (nSPS) is 15.8. The second kappa shape index (κ2) is 13.2. The molecular formula is C23H26N4O5S. The maximum Gasteiger partial charge on any atom is 0.326 e. The molecule has 2 heterocycles. The zero-order chi connectivity index (χ0) is 23.3. The third-order valence-corrected chi connectivity index (χ3v) is 5.06. The van der Waals surface area contributed by atoms with Crippen LogP contribution >= 0.6 is 11.8 Å². The molecule has 0 N–H and O–H groups in total. The van der Waals surface area contributed by atoms with Crippen LogP contribution in [0.25, 0.3) is 0 Å². The predicted octanol–water partition coefficient (Wildman–Crippen LogP) is 2.91. The lowest BCUT2D eigenvalue weighted by atomic mass is 10.3. The Labute approximate surface area is 197 Å². The molecule has 1 aromatic carbocycles. The monoisotopic (exact) mass is 470 g/mol. The topological polar surface area (TPSA) is 95.9 Å². The largest absolute Gasteiger partial charge is 0.460 e. The minimum absolute atomic E-state index is 0.0364. The average Bonchev–Trinajstić information content (AvgIpc) is 2.85. The van der Waals surface area contributed by atoms with Gasteiger partial charge in [-0.2, -0.15) is 0 Å². The van der Waals surface area contributed by atoms with E-state index in [1.165, 1.54) is 11.8 Å². The van der Waals surface area contributed by atoms with Crippen molar-refractivity contribution in [2.45, 2.75) is 11.0 Å². The van der Waals surface area contributed by atoms with Crippen LogP contribution < -0.4 is 14.2 Å². The molecule has 2 aromatic rings. The van der Waals surface area contributed by atoms with Gasteiger partial charge in [-0.15, -0.1) is 15.0 Å². The highest BCUT2D eigenvalue weighted by atomic mass is 32.2. The van der Waals surface area contributed by atoms with Crippen LogP contribution in [0, 0.1) is 0 Å². The number of amides is 1. The highest BCUT2D eigenvalue weighted by Crippen LogP contribution is 2.19. The van der Waals surface area contributed by atoms with Crippen molar-refractivity contribution < 1.29 is 23.7 Å². The predicted molar refractivity (Wildman–Crippen MR) is 124 cm³/mol. The van der Waals surface area contributed by atoms with Crippen LogP contribution in [0.3, 0.4) is 0 Å². The van der Waals surface area contributed by atoms with E-state index in [4.69, 9.17) is 18.9 Å². The maximum absolute atomic E-state index is 12.5. The summed E-state index contributed by atoms with van der Waals surface area (Å²) in [5.41, 5.74) is 0. The molecule has 3 rings (SSSR count). The Morgan fingerprint density at radius 3 is 2.33 bits per heavy atom. The molecule has 1 fully saturated rings. The van der Waals surface area contributed by atoms with Crippen molar-refractivity contribution in [2.24, 2.45) is 0 Å². The van der Waals surface area contributed by atoms with Crippen molar-refractivity contribution in [3.63, 3.8) is 0 Å². The van der Waals surface area contributed by atoms with Crippen LogP contribution in [0.5, 0.6) is 18.0 Å². The molecule has 10 heteroatoms. The summed E-state index contributed by atoms with van der Waals surface area (Å²) in [5, 5.41) is 1.79. The van der Waals surface area contributed by atoms with Crippen molar-refractivity contribution in [3.05, 3.63) is 67.1 Å². The fourth-order valence-corrected chi connectivity index (χ4v) is 3.40. The molecule has 0 saturated carbocycles. The van der Waals surface area contributed by atoms with Gasteiger partial charge in [0.25, 0.3) is 0 Å². The molecule has 1 aromatic heterocycles. The zero-order valence-electron chi connectivity index (χ0n) is 18.2. The summed E-state index contributed by atoms with van der Waals surface area (Å²) >= 11 is 1.49. The van der Waals surface area contributed by atoms with Crippen molar-refractivity contribution >= 4 is 17.7 Å². The van der Waals surface area contributed by atoms with Gasteiger partial charge in [0.15, 0.2) is 0 Å². The van der Waals surface area contributed by atoms with Crippen LogP contribution in [0.2, 0.25) is 0 Å². The molecule has 1 atom stereocenters. The van der Waals surface area contributed by atoms with Crippen LogP contribution in [0.15, 0.2) is 72.0 Å². The second-order valence-corrected chi connectivity index (χ2v) is 7.68. The smallest absolute Gasteiger partial charge is 0.326 e. The molecule has 0 bridgehead atoms. The summed E-state index contributed by atoms with van der Waals surface area (Å²) in [6.45, 7) is 9.12. The Bertz CT molecular complexity index is 927. The maximum atomic E-state index is 12.5. The number of carbonyl (C=O) groups excluding carboxylic acids is 1. The molecule has 0 spiro atoms. The van der Waals surface area contributed by atoms with Gasteiger partial charge in [-0.1, -0.05) is 55.3 Å². The van der Waals surface area contributed by atoms with E-state index >= 15 is 0 Å². The van der Waals surface area contributed by atoms with Gasteiger partial charge in [-0.3, -0.25) is 4.79 Å². The van der Waals surface area contributed by atoms with Crippen LogP contribution in [-0.2, 0) is 9.53 Å². The molecule has 1 aliphatic heterocycles. The van der Waals surface area contributed by atoms with E-state index in [0.717, 1.165) is 4.90 Å². The van der Waals surface area contributed by atoms with E-state index in [2.05, 4.69) is 28.1 Å². The average molecular weight is 471 g/mol. The zero-order valence-corrected chi connectivity index (χ0v) is 19.0.